The average Bonchev–Trinajstić information content (AvgIpc) is 2.86. The molecule has 1 fully saturated rings. The van der Waals surface area contributed by atoms with Gasteiger partial charge in [0.25, 0.3) is 0 Å². The summed E-state index contributed by atoms with van der Waals surface area (Å²) >= 11 is 0. The monoisotopic (exact) mass is 266 g/mol. The number of nitrogens with zero attached hydrogens (tertiary/aromatic N) is 1. The molecule has 0 radical (unpaired) electrons. The van der Waals surface area contributed by atoms with Gasteiger partial charge in [-0.15, -0.1) is 0 Å². The molecule has 2 heterocycles. The summed E-state index contributed by atoms with van der Waals surface area (Å²) in [6.45, 7) is 6.72. The molecule has 4 heteroatoms. The van der Waals surface area contributed by atoms with Gasteiger partial charge in [-0.2, -0.15) is 0 Å². The summed E-state index contributed by atoms with van der Waals surface area (Å²) in [6, 6.07) is 4.48. The number of furan rings is 1. The molecular weight excluding hydrogens is 240 g/mol. The van der Waals surface area contributed by atoms with E-state index in [1.807, 2.05) is 12.1 Å². The van der Waals surface area contributed by atoms with Gasteiger partial charge in [-0.3, -0.25) is 0 Å². The van der Waals surface area contributed by atoms with Crippen molar-refractivity contribution >= 4 is 0 Å². The van der Waals surface area contributed by atoms with Crippen LogP contribution in [0.2, 0.25) is 0 Å². The fourth-order valence-corrected chi connectivity index (χ4v) is 2.97. The van der Waals surface area contributed by atoms with Crippen molar-refractivity contribution in [3.63, 3.8) is 0 Å². The van der Waals surface area contributed by atoms with Gasteiger partial charge >= 0.3 is 0 Å². The lowest BCUT2D eigenvalue weighted by Crippen LogP contribution is -2.49. The Morgan fingerprint density at radius 1 is 1.58 bits per heavy atom. The van der Waals surface area contributed by atoms with Gasteiger partial charge in [-0.05, 0) is 51.4 Å². The molecule has 0 bridgehead atoms. The molecule has 0 amide bonds. The van der Waals surface area contributed by atoms with E-state index in [4.69, 9.17) is 4.42 Å². The largest absolute Gasteiger partial charge is 0.467 e. The van der Waals surface area contributed by atoms with E-state index >= 15 is 0 Å². The number of aliphatic hydroxyl groups is 1. The van der Waals surface area contributed by atoms with Crippen LogP contribution in [0.1, 0.15) is 38.6 Å². The SMILES string of the molecule is CC(CC(O)c1ccco1)NC1CCN(C)CC1C. The second-order valence-corrected chi connectivity index (χ2v) is 5.97. The summed E-state index contributed by atoms with van der Waals surface area (Å²) < 4.78 is 5.24. The van der Waals surface area contributed by atoms with Gasteiger partial charge in [0.1, 0.15) is 11.9 Å². The van der Waals surface area contributed by atoms with Gasteiger partial charge < -0.3 is 19.7 Å². The number of piperidine rings is 1. The van der Waals surface area contributed by atoms with Crippen molar-refractivity contribution in [2.75, 3.05) is 20.1 Å². The van der Waals surface area contributed by atoms with E-state index in [0.29, 0.717) is 24.1 Å². The van der Waals surface area contributed by atoms with E-state index in [9.17, 15) is 5.11 Å². The van der Waals surface area contributed by atoms with Crippen LogP contribution in [0.5, 0.6) is 0 Å². The second kappa shape index (κ2) is 6.55. The molecule has 1 aliphatic heterocycles. The smallest absolute Gasteiger partial charge is 0.132 e. The predicted molar refractivity (Wildman–Crippen MR) is 75.9 cm³/mol. The van der Waals surface area contributed by atoms with Crippen LogP contribution < -0.4 is 5.32 Å². The maximum atomic E-state index is 10.1. The van der Waals surface area contributed by atoms with Crippen molar-refractivity contribution in [1.82, 2.24) is 10.2 Å². The highest BCUT2D eigenvalue weighted by Gasteiger charge is 2.26. The Kier molecular flexibility index (Phi) is 5.02. The van der Waals surface area contributed by atoms with E-state index < -0.39 is 6.10 Å². The van der Waals surface area contributed by atoms with Crippen LogP contribution in [0.25, 0.3) is 0 Å². The molecule has 108 valence electrons. The number of hydrogen-bond donors (Lipinski definition) is 2. The molecule has 4 nitrogen and oxygen atoms in total. The standard InChI is InChI=1S/C15H26N2O2/c1-11-10-17(3)7-6-13(11)16-12(2)9-14(18)15-5-4-8-19-15/h4-5,8,11-14,16,18H,6-7,9-10H2,1-3H3. The number of rotatable bonds is 5. The first-order chi connectivity index (χ1) is 9.06. The zero-order chi connectivity index (χ0) is 13.8. The van der Waals surface area contributed by atoms with Gasteiger partial charge in [-0.1, -0.05) is 6.92 Å². The third kappa shape index (κ3) is 4.06. The second-order valence-electron chi connectivity index (χ2n) is 5.97. The van der Waals surface area contributed by atoms with Gasteiger partial charge in [0.15, 0.2) is 0 Å². The Balaban J connectivity index is 1.79. The van der Waals surface area contributed by atoms with Crippen molar-refractivity contribution in [2.45, 2.75) is 44.9 Å². The molecule has 1 saturated heterocycles. The van der Waals surface area contributed by atoms with Crippen molar-refractivity contribution in [2.24, 2.45) is 5.92 Å². The van der Waals surface area contributed by atoms with E-state index in [1.165, 1.54) is 6.42 Å². The van der Waals surface area contributed by atoms with Crippen LogP contribution in [-0.4, -0.2) is 42.2 Å². The minimum atomic E-state index is -0.515. The third-order valence-electron chi connectivity index (χ3n) is 4.06. The number of hydrogen-bond acceptors (Lipinski definition) is 4. The Morgan fingerprint density at radius 3 is 3.00 bits per heavy atom. The minimum Gasteiger partial charge on any atom is -0.467 e. The molecule has 0 saturated carbocycles. The molecule has 0 spiro atoms. The maximum absolute atomic E-state index is 10.1. The highest BCUT2D eigenvalue weighted by molar-refractivity contribution is 5.02. The lowest BCUT2D eigenvalue weighted by molar-refractivity contribution is 0.115. The van der Waals surface area contributed by atoms with Gasteiger partial charge in [0.05, 0.1) is 6.26 Å². The Labute approximate surface area is 115 Å². The van der Waals surface area contributed by atoms with Crippen LogP contribution in [0.15, 0.2) is 22.8 Å². The first kappa shape index (κ1) is 14.6. The van der Waals surface area contributed by atoms with Crippen molar-refractivity contribution < 1.29 is 9.52 Å². The van der Waals surface area contributed by atoms with Crippen molar-refractivity contribution in [3.8, 4) is 0 Å². The highest BCUT2D eigenvalue weighted by Crippen LogP contribution is 2.21. The molecule has 2 N–H and O–H groups in total. The third-order valence-corrected chi connectivity index (χ3v) is 4.06. The molecule has 19 heavy (non-hydrogen) atoms. The number of nitrogens with one attached hydrogen (secondary N) is 1. The van der Waals surface area contributed by atoms with E-state index in [1.54, 1.807) is 6.26 Å². The quantitative estimate of drug-likeness (QED) is 0.856. The van der Waals surface area contributed by atoms with Gasteiger partial charge in [-0.25, -0.2) is 0 Å². The molecule has 0 aliphatic carbocycles. The molecule has 2 rings (SSSR count). The summed E-state index contributed by atoms with van der Waals surface area (Å²) in [4.78, 5) is 2.38. The lowest BCUT2D eigenvalue weighted by atomic mass is 9.93. The van der Waals surface area contributed by atoms with E-state index in [2.05, 4.69) is 31.1 Å². The van der Waals surface area contributed by atoms with Crippen LogP contribution in [0.3, 0.4) is 0 Å². The number of aliphatic hydroxyl groups excluding tert-OH is 1. The molecule has 1 aliphatic rings. The molecule has 4 unspecified atom stereocenters. The van der Waals surface area contributed by atoms with Gasteiger partial charge in [0, 0.05) is 18.6 Å². The lowest BCUT2D eigenvalue weighted by Gasteiger charge is -2.37. The summed E-state index contributed by atoms with van der Waals surface area (Å²) in [6.07, 6.45) is 2.96. The molecule has 1 aromatic heterocycles. The summed E-state index contributed by atoms with van der Waals surface area (Å²) in [5, 5.41) is 13.7. The Bertz CT molecular complexity index is 366. The van der Waals surface area contributed by atoms with Crippen molar-refractivity contribution in [1.29, 1.82) is 0 Å². The molecule has 1 aromatic rings. The molecule has 4 atom stereocenters. The Morgan fingerprint density at radius 2 is 2.37 bits per heavy atom. The van der Waals surface area contributed by atoms with Crippen LogP contribution >= 0.6 is 0 Å². The predicted octanol–water partition coefficient (Wildman–Crippen LogP) is 2.02. The first-order valence-electron chi connectivity index (χ1n) is 7.22. The van der Waals surface area contributed by atoms with Crippen molar-refractivity contribution in [3.05, 3.63) is 24.2 Å². The summed E-state index contributed by atoms with van der Waals surface area (Å²) in [7, 11) is 2.18. The average molecular weight is 266 g/mol. The topological polar surface area (TPSA) is 48.6 Å². The zero-order valence-electron chi connectivity index (χ0n) is 12.2. The van der Waals surface area contributed by atoms with E-state index in [-0.39, 0.29) is 6.04 Å². The molecule has 0 aromatic carbocycles. The van der Waals surface area contributed by atoms with Crippen LogP contribution in [0.4, 0.5) is 0 Å². The van der Waals surface area contributed by atoms with E-state index in [0.717, 1.165) is 13.1 Å². The highest BCUT2D eigenvalue weighted by atomic mass is 16.4. The fourth-order valence-electron chi connectivity index (χ4n) is 2.97. The van der Waals surface area contributed by atoms with Crippen LogP contribution in [-0.2, 0) is 0 Å². The fraction of sp³-hybridized carbons (Fsp3) is 0.733. The zero-order valence-corrected chi connectivity index (χ0v) is 12.2. The first-order valence-corrected chi connectivity index (χ1v) is 7.22. The summed E-state index contributed by atoms with van der Waals surface area (Å²) in [5.74, 6) is 1.31. The number of likely N-dealkylation sites (tertiary alicyclic amines) is 1. The molecular formula is C15H26N2O2. The Hall–Kier alpha value is -0.840. The van der Waals surface area contributed by atoms with Gasteiger partial charge in [0.2, 0.25) is 0 Å². The normalized spacial score (nSPS) is 28.2. The van der Waals surface area contributed by atoms with Crippen LogP contribution in [0, 0.1) is 5.92 Å². The minimum absolute atomic E-state index is 0.288. The maximum Gasteiger partial charge on any atom is 0.132 e. The summed E-state index contributed by atoms with van der Waals surface area (Å²) in [5.41, 5.74) is 0.